The Morgan fingerprint density at radius 3 is 2.03 bits per heavy atom. The summed E-state index contributed by atoms with van der Waals surface area (Å²) in [6, 6.07) is 16.5. The van der Waals surface area contributed by atoms with Crippen molar-refractivity contribution in [3.05, 3.63) is 71.8 Å². The Balaban J connectivity index is 1.53. The molecule has 8 nitrogen and oxygen atoms in total. The number of carbonyl (C=O) groups is 4. The molecule has 4 rings (SSSR count). The molecule has 1 saturated carbocycles. The fourth-order valence-electron chi connectivity index (χ4n) is 4.26. The number of carbonyl (C=O) groups excluding carboxylic acids is 4. The van der Waals surface area contributed by atoms with E-state index in [1.165, 1.54) is 0 Å². The summed E-state index contributed by atoms with van der Waals surface area (Å²) in [5.41, 5.74) is -0.269. The highest BCUT2D eigenvalue weighted by atomic mass is 16.2. The summed E-state index contributed by atoms with van der Waals surface area (Å²) in [5, 5.41) is 7.74. The fourth-order valence-corrected chi connectivity index (χ4v) is 4.26. The number of nitrogens with zero attached hydrogens (tertiary/aromatic N) is 1. The van der Waals surface area contributed by atoms with Crippen LogP contribution in [-0.4, -0.2) is 41.4 Å². The van der Waals surface area contributed by atoms with Gasteiger partial charge in [0, 0.05) is 6.04 Å². The molecule has 8 heteroatoms. The third-order valence-corrected chi connectivity index (χ3v) is 5.76. The zero-order chi connectivity index (χ0) is 21.8. The van der Waals surface area contributed by atoms with Crippen LogP contribution in [0.2, 0.25) is 0 Å². The monoisotopic (exact) mass is 420 g/mol. The van der Waals surface area contributed by atoms with E-state index >= 15 is 0 Å². The quantitative estimate of drug-likeness (QED) is 0.645. The van der Waals surface area contributed by atoms with Crippen molar-refractivity contribution in [3.63, 3.8) is 0 Å². The van der Waals surface area contributed by atoms with Gasteiger partial charge < -0.3 is 10.6 Å². The SMILES string of the molecule is O=C(CN1C(=O)NC(c2ccccc2)(c2ccccc2)C1=O)NC(=O)NC1CCCC1. The van der Waals surface area contributed by atoms with Crippen LogP contribution in [0.1, 0.15) is 36.8 Å². The first kappa shape index (κ1) is 20.6. The molecule has 6 amide bonds. The van der Waals surface area contributed by atoms with Crippen molar-refractivity contribution in [2.24, 2.45) is 0 Å². The van der Waals surface area contributed by atoms with Crippen molar-refractivity contribution in [2.75, 3.05) is 6.54 Å². The van der Waals surface area contributed by atoms with Gasteiger partial charge in [-0.25, -0.2) is 9.59 Å². The summed E-state index contributed by atoms with van der Waals surface area (Å²) in [6.45, 7) is -0.551. The van der Waals surface area contributed by atoms with Crippen LogP contribution in [-0.2, 0) is 15.1 Å². The molecule has 3 N–H and O–H groups in total. The van der Waals surface area contributed by atoms with Crippen molar-refractivity contribution in [1.82, 2.24) is 20.9 Å². The molecule has 1 heterocycles. The summed E-state index contributed by atoms with van der Waals surface area (Å²) in [5.74, 6) is -1.29. The van der Waals surface area contributed by atoms with E-state index in [0.717, 1.165) is 30.6 Å². The lowest BCUT2D eigenvalue weighted by Gasteiger charge is -2.27. The van der Waals surface area contributed by atoms with Gasteiger partial charge in [0.05, 0.1) is 0 Å². The summed E-state index contributed by atoms with van der Waals surface area (Å²) < 4.78 is 0. The average molecular weight is 420 g/mol. The van der Waals surface area contributed by atoms with Gasteiger partial charge in [-0.2, -0.15) is 0 Å². The maximum absolute atomic E-state index is 13.5. The Hall–Kier alpha value is -3.68. The van der Waals surface area contributed by atoms with Crippen molar-refractivity contribution in [1.29, 1.82) is 0 Å². The van der Waals surface area contributed by atoms with Crippen molar-refractivity contribution in [2.45, 2.75) is 37.3 Å². The van der Waals surface area contributed by atoms with Crippen LogP contribution in [0.5, 0.6) is 0 Å². The second-order valence-corrected chi connectivity index (χ2v) is 7.81. The lowest BCUT2D eigenvalue weighted by molar-refractivity contribution is -0.134. The average Bonchev–Trinajstić information content (AvgIpc) is 3.37. The van der Waals surface area contributed by atoms with Gasteiger partial charge in [0.1, 0.15) is 6.54 Å². The van der Waals surface area contributed by atoms with E-state index in [1.807, 2.05) is 12.1 Å². The number of hydrogen-bond acceptors (Lipinski definition) is 4. The van der Waals surface area contributed by atoms with Crippen LogP contribution in [0.3, 0.4) is 0 Å². The molecular weight excluding hydrogens is 396 g/mol. The van der Waals surface area contributed by atoms with Crippen molar-refractivity contribution >= 4 is 23.9 Å². The van der Waals surface area contributed by atoms with Crippen LogP contribution in [0, 0.1) is 0 Å². The fraction of sp³-hybridized carbons (Fsp3) is 0.304. The van der Waals surface area contributed by atoms with E-state index in [2.05, 4.69) is 16.0 Å². The molecule has 0 aromatic heterocycles. The number of urea groups is 2. The van der Waals surface area contributed by atoms with Crippen LogP contribution in [0.25, 0.3) is 0 Å². The summed E-state index contributed by atoms with van der Waals surface area (Å²) in [6.07, 6.45) is 3.85. The second kappa shape index (κ2) is 8.59. The summed E-state index contributed by atoms with van der Waals surface area (Å²) in [4.78, 5) is 51.6. The Morgan fingerprint density at radius 2 is 1.48 bits per heavy atom. The van der Waals surface area contributed by atoms with Crippen LogP contribution in [0.15, 0.2) is 60.7 Å². The molecule has 1 saturated heterocycles. The maximum Gasteiger partial charge on any atom is 0.326 e. The summed E-state index contributed by atoms with van der Waals surface area (Å²) in [7, 11) is 0. The normalized spacial score (nSPS) is 18.0. The first-order chi connectivity index (χ1) is 15.0. The molecule has 2 aromatic carbocycles. The van der Waals surface area contributed by atoms with Gasteiger partial charge in [0.25, 0.3) is 5.91 Å². The van der Waals surface area contributed by atoms with Gasteiger partial charge in [-0.05, 0) is 24.0 Å². The van der Waals surface area contributed by atoms with E-state index in [9.17, 15) is 19.2 Å². The minimum absolute atomic E-state index is 0.0494. The van der Waals surface area contributed by atoms with Gasteiger partial charge in [0.2, 0.25) is 5.91 Å². The maximum atomic E-state index is 13.5. The predicted molar refractivity (Wildman–Crippen MR) is 113 cm³/mol. The molecule has 1 aliphatic heterocycles. The Kier molecular flexibility index (Phi) is 5.70. The molecule has 0 bridgehead atoms. The third-order valence-electron chi connectivity index (χ3n) is 5.76. The number of nitrogens with one attached hydrogen (secondary N) is 3. The number of amides is 6. The van der Waals surface area contributed by atoms with Gasteiger partial charge >= 0.3 is 12.1 Å². The molecule has 0 spiro atoms. The topological polar surface area (TPSA) is 108 Å². The van der Waals surface area contributed by atoms with Crippen LogP contribution >= 0.6 is 0 Å². The van der Waals surface area contributed by atoms with Crippen LogP contribution < -0.4 is 16.0 Å². The van der Waals surface area contributed by atoms with Crippen molar-refractivity contribution < 1.29 is 19.2 Å². The highest BCUT2D eigenvalue weighted by Crippen LogP contribution is 2.35. The van der Waals surface area contributed by atoms with Gasteiger partial charge in [-0.1, -0.05) is 73.5 Å². The first-order valence-corrected chi connectivity index (χ1v) is 10.4. The Bertz CT molecular complexity index is 948. The molecule has 0 atom stereocenters. The predicted octanol–water partition coefficient (Wildman–Crippen LogP) is 2.25. The molecular formula is C23H24N4O4. The zero-order valence-corrected chi connectivity index (χ0v) is 17.0. The largest absolute Gasteiger partial charge is 0.335 e. The number of hydrogen-bond donors (Lipinski definition) is 3. The number of benzene rings is 2. The van der Waals surface area contributed by atoms with Crippen LogP contribution in [0.4, 0.5) is 9.59 Å². The molecule has 2 fully saturated rings. The lowest BCUT2D eigenvalue weighted by atomic mass is 9.82. The molecule has 0 unspecified atom stereocenters. The molecule has 0 radical (unpaired) electrons. The van der Waals surface area contributed by atoms with E-state index in [-0.39, 0.29) is 6.04 Å². The van der Waals surface area contributed by atoms with Crippen molar-refractivity contribution in [3.8, 4) is 0 Å². The summed E-state index contributed by atoms with van der Waals surface area (Å²) >= 11 is 0. The third kappa shape index (κ3) is 4.01. The van der Waals surface area contributed by atoms with E-state index in [0.29, 0.717) is 11.1 Å². The minimum Gasteiger partial charge on any atom is -0.335 e. The smallest absolute Gasteiger partial charge is 0.326 e. The zero-order valence-electron chi connectivity index (χ0n) is 17.0. The molecule has 2 aliphatic rings. The molecule has 1 aliphatic carbocycles. The minimum atomic E-state index is -1.44. The Morgan fingerprint density at radius 1 is 0.935 bits per heavy atom. The van der Waals surface area contributed by atoms with Gasteiger partial charge in [0.15, 0.2) is 5.54 Å². The van der Waals surface area contributed by atoms with E-state index < -0.39 is 36.0 Å². The first-order valence-electron chi connectivity index (χ1n) is 10.4. The molecule has 160 valence electrons. The van der Waals surface area contributed by atoms with E-state index in [1.54, 1.807) is 48.5 Å². The molecule has 2 aromatic rings. The van der Waals surface area contributed by atoms with Gasteiger partial charge in [-0.15, -0.1) is 0 Å². The number of imide groups is 2. The Labute approximate surface area is 180 Å². The standard InChI is InChI=1S/C23H24N4O4/c28-19(25-21(30)24-18-13-7-8-14-18)15-27-20(29)23(26-22(27)31,16-9-3-1-4-10-16)17-11-5-2-6-12-17/h1-6,9-12,18H,7-8,13-15H2,(H,26,31)(H2,24,25,28,30). The molecule has 31 heavy (non-hydrogen) atoms. The number of rotatable bonds is 5. The highest BCUT2D eigenvalue weighted by molar-refractivity contribution is 6.12. The van der Waals surface area contributed by atoms with E-state index in [4.69, 9.17) is 0 Å². The highest BCUT2D eigenvalue weighted by Gasteiger charge is 2.54. The lowest BCUT2D eigenvalue weighted by Crippen LogP contribution is -2.49. The second-order valence-electron chi connectivity index (χ2n) is 7.81. The van der Waals surface area contributed by atoms with Gasteiger partial charge in [-0.3, -0.25) is 19.8 Å².